The Morgan fingerprint density at radius 3 is 2.21 bits per heavy atom. The Hall–Kier alpha value is -2.93. The van der Waals surface area contributed by atoms with Crippen LogP contribution in [-0.4, -0.2) is 43.9 Å². The molecule has 0 aromatic heterocycles. The Labute approximate surface area is 174 Å². The van der Waals surface area contributed by atoms with Gasteiger partial charge in [0.05, 0.1) is 26.2 Å². The van der Waals surface area contributed by atoms with Crippen molar-refractivity contribution in [2.45, 2.75) is 12.8 Å². The zero-order valence-electron chi connectivity index (χ0n) is 16.6. The molecule has 6 nitrogen and oxygen atoms in total. The van der Waals surface area contributed by atoms with Crippen LogP contribution < -0.4 is 14.2 Å². The van der Waals surface area contributed by atoms with Crippen molar-refractivity contribution < 1.29 is 23.8 Å². The predicted molar refractivity (Wildman–Crippen MR) is 114 cm³/mol. The van der Waals surface area contributed by atoms with Crippen LogP contribution in [0.5, 0.6) is 17.2 Å². The summed E-state index contributed by atoms with van der Waals surface area (Å²) >= 11 is 0.945. The average molecular weight is 413 g/mol. The normalized spacial score (nSPS) is 15.1. The van der Waals surface area contributed by atoms with Crippen LogP contribution in [0.3, 0.4) is 0 Å². The van der Waals surface area contributed by atoms with Crippen LogP contribution in [0.1, 0.15) is 17.5 Å². The lowest BCUT2D eigenvalue weighted by atomic mass is 10.1. The fourth-order valence-corrected chi connectivity index (χ4v) is 3.98. The average Bonchev–Trinajstić information content (AvgIpc) is 3.01. The molecule has 0 radical (unpaired) electrons. The van der Waals surface area contributed by atoms with Crippen molar-refractivity contribution in [1.82, 2.24) is 4.90 Å². The molecular formula is C22H23NO5S. The van der Waals surface area contributed by atoms with Crippen LogP contribution in [0.25, 0.3) is 6.08 Å². The molecule has 0 unspecified atom stereocenters. The van der Waals surface area contributed by atoms with Gasteiger partial charge >= 0.3 is 0 Å². The first kappa shape index (κ1) is 20.8. The Balaban J connectivity index is 1.74. The van der Waals surface area contributed by atoms with Crippen LogP contribution in [0.4, 0.5) is 4.79 Å². The predicted octanol–water partition coefficient (Wildman–Crippen LogP) is 4.38. The minimum absolute atomic E-state index is 0.248. The summed E-state index contributed by atoms with van der Waals surface area (Å²) in [6, 6.07) is 13.5. The van der Waals surface area contributed by atoms with E-state index in [1.807, 2.05) is 30.3 Å². The lowest BCUT2D eigenvalue weighted by molar-refractivity contribution is -0.122. The van der Waals surface area contributed by atoms with Crippen LogP contribution in [0.15, 0.2) is 47.4 Å². The second-order valence-electron chi connectivity index (χ2n) is 6.38. The number of rotatable bonds is 8. The first-order chi connectivity index (χ1) is 14.1. The maximum atomic E-state index is 12.7. The number of benzene rings is 2. The van der Waals surface area contributed by atoms with Crippen molar-refractivity contribution in [3.05, 3.63) is 58.5 Å². The van der Waals surface area contributed by atoms with Crippen LogP contribution in [0, 0.1) is 0 Å². The summed E-state index contributed by atoms with van der Waals surface area (Å²) in [6.07, 6.45) is 3.21. The molecular weight excluding hydrogens is 390 g/mol. The van der Waals surface area contributed by atoms with Crippen LogP contribution in [-0.2, 0) is 11.2 Å². The van der Waals surface area contributed by atoms with E-state index in [4.69, 9.17) is 14.2 Å². The van der Waals surface area contributed by atoms with E-state index in [-0.39, 0.29) is 11.1 Å². The van der Waals surface area contributed by atoms with Crippen LogP contribution >= 0.6 is 11.8 Å². The largest absolute Gasteiger partial charge is 0.493 e. The number of methoxy groups -OCH3 is 3. The van der Waals surface area contributed by atoms with Crippen LogP contribution in [0.2, 0.25) is 0 Å². The molecule has 3 rings (SSSR count). The molecule has 1 fully saturated rings. The molecule has 152 valence electrons. The molecule has 2 aromatic carbocycles. The summed E-state index contributed by atoms with van der Waals surface area (Å²) in [6.45, 7) is 0.395. The molecule has 0 spiro atoms. The Kier molecular flexibility index (Phi) is 6.82. The minimum atomic E-state index is -0.276. The minimum Gasteiger partial charge on any atom is -0.493 e. The molecule has 0 bridgehead atoms. The van der Waals surface area contributed by atoms with E-state index in [9.17, 15) is 9.59 Å². The van der Waals surface area contributed by atoms with Crippen molar-refractivity contribution in [2.75, 3.05) is 27.9 Å². The van der Waals surface area contributed by atoms with Gasteiger partial charge in [-0.15, -0.1) is 0 Å². The van der Waals surface area contributed by atoms with Gasteiger partial charge in [0.25, 0.3) is 11.1 Å². The second-order valence-corrected chi connectivity index (χ2v) is 7.37. The number of hydrogen-bond acceptors (Lipinski definition) is 6. The summed E-state index contributed by atoms with van der Waals surface area (Å²) in [5.41, 5.74) is 1.88. The van der Waals surface area contributed by atoms with Gasteiger partial charge in [0.15, 0.2) is 11.5 Å². The second kappa shape index (κ2) is 9.52. The van der Waals surface area contributed by atoms with Crippen molar-refractivity contribution in [1.29, 1.82) is 0 Å². The number of thioether (sulfide) groups is 1. The zero-order chi connectivity index (χ0) is 20.8. The highest BCUT2D eigenvalue weighted by Crippen LogP contribution is 2.40. The summed E-state index contributed by atoms with van der Waals surface area (Å²) in [5, 5.41) is -0.248. The topological polar surface area (TPSA) is 65.1 Å². The number of amides is 2. The number of hydrogen-bond donors (Lipinski definition) is 0. The molecule has 2 aromatic rings. The summed E-state index contributed by atoms with van der Waals surface area (Å²) in [4.78, 5) is 26.7. The molecule has 0 atom stereocenters. The third-order valence-electron chi connectivity index (χ3n) is 4.55. The number of aryl methyl sites for hydroxylation is 1. The van der Waals surface area contributed by atoms with E-state index in [0.717, 1.165) is 24.6 Å². The molecule has 1 saturated heterocycles. The third kappa shape index (κ3) is 4.74. The van der Waals surface area contributed by atoms with Gasteiger partial charge in [0.2, 0.25) is 5.75 Å². The van der Waals surface area contributed by atoms with Gasteiger partial charge < -0.3 is 14.2 Å². The standard InChI is InChI=1S/C22H23NO5S/c1-26-17-12-16(13-18(27-2)20(17)28-3)14-19-21(24)23(22(25)29-19)11-7-10-15-8-5-4-6-9-15/h4-6,8-9,12-14H,7,10-11H2,1-3H3/b19-14+. The molecule has 7 heteroatoms. The number of imide groups is 1. The maximum Gasteiger partial charge on any atom is 0.293 e. The molecule has 0 saturated carbocycles. The fraction of sp³-hybridized carbons (Fsp3) is 0.273. The molecule has 1 aliphatic rings. The Morgan fingerprint density at radius 1 is 0.966 bits per heavy atom. The maximum absolute atomic E-state index is 12.7. The Bertz CT molecular complexity index is 901. The lowest BCUT2D eigenvalue weighted by Gasteiger charge is -2.13. The van der Waals surface area contributed by atoms with E-state index in [2.05, 4.69) is 0 Å². The molecule has 0 aliphatic carbocycles. The molecule has 1 aliphatic heterocycles. The Morgan fingerprint density at radius 2 is 1.62 bits per heavy atom. The first-order valence-electron chi connectivity index (χ1n) is 9.16. The highest BCUT2D eigenvalue weighted by Gasteiger charge is 2.34. The summed E-state index contributed by atoms with van der Waals surface area (Å²) < 4.78 is 16.0. The zero-order valence-corrected chi connectivity index (χ0v) is 17.5. The van der Waals surface area contributed by atoms with E-state index >= 15 is 0 Å². The van der Waals surface area contributed by atoms with Gasteiger partial charge in [-0.05, 0) is 53.9 Å². The molecule has 29 heavy (non-hydrogen) atoms. The van der Waals surface area contributed by atoms with E-state index in [1.165, 1.54) is 31.8 Å². The van der Waals surface area contributed by atoms with Gasteiger partial charge in [0, 0.05) is 6.54 Å². The molecule has 0 N–H and O–H groups in total. The summed E-state index contributed by atoms with van der Waals surface area (Å²) in [7, 11) is 4.59. The number of ether oxygens (including phenoxy) is 3. The smallest absolute Gasteiger partial charge is 0.293 e. The van der Waals surface area contributed by atoms with Gasteiger partial charge in [-0.1, -0.05) is 30.3 Å². The van der Waals surface area contributed by atoms with Gasteiger partial charge in [-0.2, -0.15) is 0 Å². The number of nitrogens with zero attached hydrogens (tertiary/aromatic N) is 1. The van der Waals surface area contributed by atoms with Crippen molar-refractivity contribution in [3.8, 4) is 17.2 Å². The number of carbonyl (C=O) groups is 2. The van der Waals surface area contributed by atoms with E-state index in [1.54, 1.807) is 18.2 Å². The first-order valence-corrected chi connectivity index (χ1v) is 9.98. The van der Waals surface area contributed by atoms with Gasteiger partial charge in [0.1, 0.15) is 0 Å². The lowest BCUT2D eigenvalue weighted by Crippen LogP contribution is -2.29. The highest BCUT2D eigenvalue weighted by atomic mass is 32.2. The quantitative estimate of drug-likeness (QED) is 0.599. The van der Waals surface area contributed by atoms with E-state index in [0.29, 0.717) is 34.3 Å². The summed E-state index contributed by atoms with van der Waals surface area (Å²) in [5.74, 6) is 1.17. The van der Waals surface area contributed by atoms with E-state index < -0.39 is 0 Å². The van der Waals surface area contributed by atoms with Gasteiger partial charge in [-0.25, -0.2) is 0 Å². The van der Waals surface area contributed by atoms with Crippen molar-refractivity contribution in [2.24, 2.45) is 0 Å². The fourth-order valence-electron chi connectivity index (χ4n) is 3.11. The SMILES string of the molecule is COc1cc(/C=C2/SC(=O)N(CCCc3ccccc3)C2=O)cc(OC)c1OC. The number of carbonyl (C=O) groups excluding carboxylic acids is 2. The van der Waals surface area contributed by atoms with Gasteiger partial charge in [-0.3, -0.25) is 14.5 Å². The highest BCUT2D eigenvalue weighted by molar-refractivity contribution is 8.18. The van der Waals surface area contributed by atoms with Crippen molar-refractivity contribution >= 4 is 29.0 Å². The molecule has 2 amide bonds. The monoisotopic (exact) mass is 413 g/mol. The molecule has 1 heterocycles. The third-order valence-corrected chi connectivity index (χ3v) is 5.46. The van der Waals surface area contributed by atoms with Crippen molar-refractivity contribution in [3.63, 3.8) is 0 Å².